The Kier molecular flexibility index (Phi) is 358. The fraction of sp³-hybridized carbons (Fsp3) is 1.00. The quantitative estimate of drug-likeness (QED) is 0.388. The van der Waals surface area contributed by atoms with Crippen LogP contribution in [0.1, 0.15) is 6.92 Å². The van der Waals surface area contributed by atoms with Gasteiger partial charge in [0.05, 0.1) is 0 Å². The monoisotopic (exact) mass is 198 g/mol. The fourth-order valence-electron chi connectivity index (χ4n) is 0. The van der Waals surface area contributed by atoms with Gasteiger partial charge in [-0.1, -0.05) is 0 Å². The molecule has 0 fully saturated rings. The Bertz CT molecular complexity index is 13.7. The van der Waals surface area contributed by atoms with Crippen molar-refractivity contribution in [2.24, 2.45) is 0 Å². The van der Waals surface area contributed by atoms with E-state index in [0.29, 0.717) is 0 Å². The molecule has 0 aliphatic heterocycles. The second-order valence-corrected chi connectivity index (χ2v) is 0.316. The fourth-order valence-corrected chi connectivity index (χ4v) is 0. The molecular formula is C2H8Cl2O2Zn. The second-order valence-electron chi connectivity index (χ2n) is 0.316. The predicted molar refractivity (Wildman–Crippen MR) is 16.4 cm³/mol. The van der Waals surface area contributed by atoms with Crippen molar-refractivity contribution in [3.05, 3.63) is 0 Å². The van der Waals surface area contributed by atoms with Crippen LogP contribution in [0.4, 0.5) is 0 Å². The van der Waals surface area contributed by atoms with Crippen LogP contribution in [-0.4, -0.2) is 17.2 Å². The van der Waals surface area contributed by atoms with Crippen LogP contribution in [-0.2, 0) is 19.5 Å². The van der Waals surface area contributed by atoms with Gasteiger partial charge in [-0.3, -0.25) is 0 Å². The second kappa shape index (κ2) is 59.2. The van der Waals surface area contributed by atoms with Crippen LogP contribution in [0.15, 0.2) is 0 Å². The first kappa shape index (κ1) is 42.3. The first-order valence-corrected chi connectivity index (χ1v) is 1.02. The van der Waals surface area contributed by atoms with Crippen LogP contribution in [0, 0.1) is 0 Å². The Balaban J connectivity index is -0.00000000333. The molecule has 7 heavy (non-hydrogen) atoms. The van der Waals surface area contributed by atoms with Gasteiger partial charge in [0.2, 0.25) is 0 Å². The molecule has 0 amide bonds. The molecule has 0 aromatic carbocycles. The van der Waals surface area contributed by atoms with Gasteiger partial charge in [0.1, 0.15) is 0 Å². The molecule has 0 atom stereocenters. The maximum atomic E-state index is 7.57. The number of halogens is 2. The number of hydrogen-bond donors (Lipinski definition) is 1. The van der Waals surface area contributed by atoms with Crippen molar-refractivity contribution in [1.82, 2.24) is 0 Å². The minimum absolute atomic E-state index is 0. The Morgan fingerprint density at radius 2 is 1.29 bits per heavy atom. The van der Waals surface area contributed by atoms with E-state index >= 15 is 0 Å². The number of hydrogen-bond acceptors (Lipinski definition) is 1. The largest absolute Gasteiger partial charge is 2.00 e. The van der Waals surface area contributed by atoms with Gasteiger partial charge in [0.25, 0.3) is 0 Å². The Hall–Kier alpha value is 1.12. The molecule has 0 rings (SSSR count). The summed E-state index contributed by atoms with van der Waals surface area (Å²) in [6, 6.07) is 0. The molecule has 0 saturated carbocycles. The maximum absolute atomic E-state index is 7.57. The summed E-state index contributed by atoms with van der Waals surface area (Å²) in [6.45, 7) is 1.93. The van der Waals surface area contributed by atoms with Crippen molar-refractivity contribution in [1.29, 1.82) is 0 Å². The van der Waals surface area contributed by atoms with Gasteiger partial charge in [-0.2, -0.15) is 0 Å². The van der Waals surface area contributed by atoms with E-state index in [4.69, 9.17) is 5.11 Å². The van der Waals surface area contributed by atoms with Crippen LogP contribution in [0.3, 0.4) is 0 Å². The molecule has 3 N–H and O–H groups in total. The maximum Gasteiger partial charge on any atom is 2.00 e. The molecule has 5 heteroatoms. The number of aliphatic hydroxyl groups excluding tert-OH is 1. The minimum atomic E-state index is 0. The number of aliphatic hydroxyl groups is 1. The SMILES string of the molecule is CCO.O.[Cl-].[Cl-].[Zn+2]. The summed E-state index contributed by atoms with van der Waals surface area (Å²) >= 11 is 0. The average molecular weight is 200 g/mol. The average Bonchev–Trinajstić information content (AvgIpc) is 0.918. The van der Waals surface area contributed by atoms with Crippen molar-refractivity contribution in [2.75, 3.05) is 6.61 Å². The summed E-state index contributed by atoms with van der Waals surface area (Å²) in [5.41, 5.74) is 0. The molecule has 2 nitrogen and oxygen atoms in total. The Labute approximate surface area is 68.6 Å². The van der Waals surface area contributed by atoms with Crippen LogP contribution >= 0.6 is 0 Å². The van der Waals surface area contributed by atoms with E-state index in [1.165, 1.54) is 0 Å². The molecule has 0 aliphatic carbocycles. The van der Waals surface area contributed by atoms with Crippen molar-refractivity contribution < 1.29 is 54.9 Å². The zero-order valence-corrected chi connectivity index (χ0v) is 8.60. The Morgan fingerprint density at radius 3 is 1.29 bits per heavy atom. The molecule has 0 bridgehead atoms. The molecule has 0 unspecified atom stereocenters. The van der Waals surface area contributed by atoms with E-state index < -0.39 is 0 Å². The normalized spacial score (nSPS) is 2.57. The van der Waals surface area contributed by atoms with Gasteiger partial charge in [0.15, 0.2) is 0 Å². The third-order valence-electron chi connectivity index (χ3n) is 0. The summed E-state index contributed by atoms with van der Waals surface area (Å²) in [7, 11) is 0. The van der Waals surface area contributed by atoms with Crippen molar-refractivity contribution in [2.45, 2.75) is 6.92 Å². The molecule has 0 radical (unpaired) electrons. The smallest absolute Gasteiger partial charge is 1.00 e. The zero-order valence-electron chi connectivity index (χ0n) is 4.12. The van der Waals surface area contributed by atoms with E-state index in [1.54, 1.807) is 6.92 Å². The summed E-state index contributed by atoms with van der Waals surface area (Å²) in [6.07, 6.45) is 0. The van der Waals surface area contributed by atoms with E-state index in [0.717, 1.165) is 0 Å². The van der Waals surface area contributed by atoms with Gasteiger partial charge in [0, 0.05) is 6.61 Å². The molecule has 0 aliphatic rings. The summed E-state index contributed by atoms with van der Waals surface area (Å²) in [5.74, 6) is 0. The minimum Gasteiger partial charge on any atom is -1.00 e. The number of rotatable bonds is 0. The van der Waals surface area contributed by atoms with E-state index in [2.05, 4.69) is 0 Å². The topological polar surface area (TPSA) is 51.7 Å². The van der Waals surface area contributed by atoms with Crippen molar-refractivity contribution in [3.8, 4) is 0 Å². The summed E-state index contributed by atoms with van der Waals surface area (Å²) < 4.78 is 0. The standard InChI is InChI=1S/C2H6O.2ClH.H2O.Zn/c1-2-3;;;;/h3H,2H2,1H3;2*1H;1H2;/q;;;;+2/p-2. The van der Waals surface area contributed by atoms with Gasteiger partial charge < -0.3 is 35.4 Å². The van der Waals surface area contributed by atoms with E-state index in [-0.39, 0.29) is 56.4 Å². The van der Waals surface area contributed by atoms with Crippen LogP contribution in [0.2, 0.25) is 0 Å². The molecule has 0 aromatic rings. The predicted octanol–water partition coefficient (Wildman–Crippen LogP) is -6.82. The van der Waals surface area contributed by atoms with Gasteiger partial charge in [-0.15, -0.1) is 0 Å². The van der Waals surface area contributed by atoms with Crippen LogP contribution in [0.25, 0.3) is 0 Å². The summed E-state index contributed by atoms with van der Waals surface area (Å²) in [4.78, 5) is 0. The van der Waals surface area contributed by atoms with Crippen LogP contribution in [0.5, 0.6) is 0 Å². The van der Waals surface area contributed by atoms with E-state index in [9.17, 15) is 0 Å². The van der Waals surface area contributed by atoms with Gasteiger partial charge in [-0.05, 0) is 6.92 Å². The summed E-state index contributed by atoms with van der Waals surface area (Å²) in [5, 5.41) is 7.57. The third-order valence-corrected chi connectivity index (χ3v) is 0. The van der Waals surface area contributed by atoms with Gasteiger partial charge >= 0.3 is 19.5 Å². The van der Waals surface area contributed by atoms with Gasteiger partial charge in [-0.25, -0.2) is 0 Å². The molecular weight excluding hydrogens is 192 g/mol. The van der Waals surface area contributed by atoms with Crippen LogP contribution < -0.4 is 24.8 Å². The molecule has 44 valence electrons. The molecule has 0 saturated heterocycles. The first-order valence-electron chi connectivity index (χ1n) is 1.02. The Morgan fingerprint density at radius 1 is 1.29 bits per heavy atom. The molecule has 0 spiro atoms. The molecule has 0 aromatic heterocycles. The third kappa shape index (κ3) is 148. The van der Waals surface area contributed by atoms with E-state index in [1.807, 2.05) is 0 Å². The zero-order chi connectivity index (χ0) is 2.71. The van der Waals surface area contributed by atoms with Crippen molar-refractivity contribution in [3.63, 3.8) is 0 Å². The first-order chi connectivity index (χ1) is 1.41. The molecule has 0 heterocycles. The van der Waals surface area contributed by atoms with Crippen molar-refractivity contribution >= 4 is 0 Å².